The lowest BCUT2D eigenvalue weighted by atomic mass is 10.0. The van der Waals surface area contributed by atoms with E-state index in [9.17, 15) is 13.2 Å². The molecule has 0 radical (unpaired) electrons. The molecular formula is C21H17F3N2. The molecule has 1 aliphatic heterocycles. The minimum Gasteiger partial charge on any atom is -0.381 e. The fourth-order valence-electron chi connectivity index (χ4n) is 3.21. The van der Waals surface area contributed by atoms with Gasteiger partial charge in [0, 0.05) is 29.2 Å². The van der Waals surface area contributed by atoms with Crippen LogP contribution in [0.25, 0.3) is 0 Å². The molecule has 1 aliphatic rings. The van der Waals surface area contributed by atoms with Gasteiger partial charge in [0.05, 0.1) is 0 Å². The van der Waals surface area contributed by atoms with Crippen LogP contribution < -0.4 is 10.6 Å². The predicted molar refractivity (Wildman–Crippen MR) is 97.2 cm³/mol. The van der Waals surface area contributed by atoms with Crippen LogP contribution in [0.1, 0.15) is 16.7 Å². The van der Waals surface area contributed by atoms with E-state index in [1.54, 1.807) is 0 Å². The minimum absolute atomic E-state index is 0.0788. The van der Waals surface area contributed by atoms with Gasteiger partial charge in [-0.25, -0.2) is 13.2 Å². The number of para-hydroxylation sites is 1. The van der Waals surface area contributed by atoms with Crippen molar-refractivity contribution < 1.29 is 13.2 Å². The van der Waals surface area contributed by atoms with Crippen molar-refractivity contribution in [1.82, 2.24) is 0 Å². The number of hydrogen-bond donors (Lipinski definition) is 2. The van der Waals surface area contributed by atoms with Gasteiger partial charge in [0.1, 0.15) is 0 Å². The van der Waals surface area contributed by atoms with Gasteiger partial charge < -0.3 is 10.6 Å². The van der Waals surface area contributed by atoms with E-state index in [0.29, 0.717) is 0 Å². The highest BCUT2D eigenvalue weighted by Gasteiger charge is 2.14. The summed E-state index contributed by atoms with van der Waals surface area (Å²) in [6.07, 6.45) is 1.81. The van der Waals surface area contributed by atoms with E-state index in [1.807, 2.05) is 30.3 Å². The first kappa shape index (κ1) is 16.5. The summed E-state index contributed by atoms with van der Waals surface area (Å²) < 4.78 is 40.1. The fraction of sp³-hybridized carbons (Fsp3) is 0.143. The van der Waals surface area contributed by atoms with Gasteiger partial charge in [-0.1, -0.05) is 24.3 Å². The van der Waals surface area contributed by atoms with E-state index in [0.717, 1.165) is 41.5 Å². The van der Waals surface area contributed by atoms with Crippen molar-refractivity contribution in [3.8, 4) is 0 Å². The standard InChI is InChI=1S/C21H17F3N2/c22-17-9-7-15(20(23)21(17)24)12-25-16-8-10-19-14(11-16)6-5-13-3-1-2-4-18(13)26-19/h1-4,7-11,25-26H,5-6,12H2. The third kappa shape index (κ3) is 3.12. The molecule has 132 valence electrons. The molecule has 3 aromatic carbocycles. The minimum atomic E-state index is -1.44. The van der Waals surface area contributed by atoms with Gasteiger partial charge in [0.15, 0.2) is 17.5 Å². The molecule has 2 N–H and O–H groups in total. The van der Waals surface area contributed by atoms with E-state index in [2.05, 4.69) is 22.8 Å². The van der Waals surface area contributed by atoms with Crippen molar-refractivity contribution in [2.75, 3.05) is 10.6 Å². The molecule has 0 amide bonds. The molecule has 0 saturated heterocycles. The molecule has 0 atom stereocenters. The fourth-order valence-corrected chi connectivity index (χ4v) is 3.21. The monoisotopic (exact) mass is 354 g/mol. The quantitative estimate of drug-likeness (QED) is 0.602. The second kappa shape index (κ2) is 6.75. The molecule has 5 heteroatoms. The van der Waals surface area contributed by atoms with Crippen LogP contribution in [0.5, 0.6) is 0 Å². The SMILES string of the molecule is Fc1ccc(CNc2ccc3c(c2)CCc2ccccc2N3)c(F)c1F. The van der Waals surface area contributed by atoms with Crippen LogP contribution in [0.4, 0.5) is 30.2 Å². The zero-order valence-electron chi connectivity index (χ0n) is 14.0. The molecule has 3 aromatic rings. The summed E-state index contributed by atoms with van der Waals surface area (Å²) in [5.74, 6) is -3.76. The van der Waals surface area contributed by atoms with Crippen LogP contribution >= 0.6 is 0 Å². The number of hydrogen-bond acceptors (Lipinski definition) is 2. The Balaban J connectivity index is 1.53. The Labute approximate surface area is 149 Å². The van der Waals surface area contributed by atoms with E-state index in [-0.39, 0.29) is 12.1 Å². The Hall–Kier alpha value is -2.95. The van der Waals surface area contributed by atoms with E-state index >= 15 is 0 Å². The number of halogens is 3. The highest BCUT2D eigenvalue weighted by molar-refractivity contribution is 5.70. The van der Waals surface area contributed by atoms with Gasteiger partial charge in [0.2, 0.25) is 0 Å². The van der Waals surface area contributed by atoms with Crippen LogP contribution in [0.2, 0.25) is 0 Å². The first-order valence-corrected chi connectivity index (χ1v) is 8.46. The first-order valence-electron chi connectivity index (χ1n) is 8.46. The number of rotatable bonds is 3. The highest BCUT2D eigenvalue weighted by atomic mass is 19.2. The van der Waals surface area contributed by atoms with Gasteiger partial charge in [-0.3, -0.25) is 0 Å². The Morgan fingerprint density at radius 2 is 1.58 bits per heavy atom. The topological polar surface area (TPSA) is 24.1 Å². The van der Waals surface area contributed by atoms with Crippen molar-refractivity contribution in [2.45, 2.75) is 19.4 Å². The molecule has 0 unspecified atom stereocenters. The largest absolute Gasteiger partial charge is 0.381 e. The van der Waals surface area contributed by atoms with Crippen molar-refractivity contribution in [3.05, 3.63) is 88.7 Å². The van der Waals surface area contributed by atoms with Gasteiger partial charge in [-0.2, -0.15) is 0 Å². The summed E-state index contributed by atoms with van der Waals surface area (Å²) in [6, 6.07) is 16.3. The molecule has 0 bridgehead atoms. The Morgan fingerprint density at radius 3 is 2.46 bits per heavy atom. The molecule has 0 aromatic heterocycles. The smallest absolute Gasteiger partial charge is 0.194 e. The Morgan fingerprint density at radius 1 is 0.808 bits per heavy atom. The van der Waals surface area contributed by atoms with Crippen LogP contribution in [-0.4, -0.2) is 0 Å². The second-order valence-electron chi connectivity index (χ2n) is 6.34. The van der Waals surface area contributed by atoms with Gasteiger partial charge in [-0.05, 0) is 54.3 Å². The third-order valence-corrected chi connectivity index (χ3v) is 4.65. The van der Waals surface area contributed by atoms with Gasteiger partial charge in [0.25, 0.3) is 0 Å². The summed E-state index contributed by atoms with van der Waals surface area (Å²) in [6.45, 7) is 0.0788. The Bertz CT molecular complexity index is 969. The molecule has 4 rings (SSSR count). The second-order valence-corrected chi connectivity index (χ2v) is 6.34. The van der Waals surface area contributed by atoms with Gasteiger partial charge in [-0.15, -0.1) is 0 Å². The Kier molecular flexibility index (Phi) is 4.29. The molecule has 0 aliphatic carbocycles. The van der Waals surface area contributed by atoms with Crippen LogP contribution in [-0.2, 0) is 19.4 Å². The maximum absolute atomic E-state index is 13.8. The molecule has 0 fully saturated rings. The maximum atomic E-state index is 13.8. The first-order chi connectivity index (χ1) is 12.6. The molecule has 1 heterocycles. The molecule has 2 nitrogen and oxygen atoms in total. The van der Waals surface area contributed by atoms with Crippen molar-refractivity contribution in [3.63, 3.8) is 0 Å². The molecule has 26 heavy (non-hydrogen) atoms. The van der Waals surface area contributed by atoms with E-state index in [4.69, 9.17) is 0 Å². The molecule has 0 saturated carbocycles. The van der Waals surface area contributed by atoms with Crippen LogP contribution in [0, 0.1) is 17.5 Å². The molecule has 0 spiro atoms. The number of aryl methyl sites for hydroxylation is 2. The summed E-state index contributed by atoms with van der Waals surface area (Å²) in [5, 5.41) is 6.53. The maximum Gasteiger partial charge on any atom is 0.194 e. The zero-order chi connectivity index (χ0) is 18.1. The number of benzene rings is 3. The number of nitrogens with one attached hydrogen (secondary N) is 2. The lowest BCUT2D eigenvalue weighted by Crippen LogP contribution is -2.05. The van der Waals surface area contributed by atoms with E-state index < -0.39 is 17.5 Å². The number of fused-ring (bicyclic) bond motifs is 2. The normalized spacial score (nSPS) is 12.6. The lowest BCUT2D eigenvalue weighted by Gasteiger charge is -2.13. The van der Waals surface area contributed by atoms with Crippen molar-refractivity contribution in [1.29, 1.82) is 0 Å². The lowest BCUT2D eigenvalue weighted by molar-refractivity contribution is 0.442. The number of anilines is 3. The summed E-state index contributed by atoms with van der Waals surface area (Å²) in [4.78, 5) is 0. The van der Waals surface area contributed by atoms with Crippen LogP contribution in [0.15, 0.2) is 54.6 Å². The summed E-state index contributed by atoms with van der Waals surface area (Å²) in [7, 11) is 0. The van der Waals surface area contributed by atoms with Crippen molar-refractivity contribution >= 4 is 17.1 Å². The van der Waals surface area contributed by atoms with Crippen LogP contribution in [0.3, 0.4) is 0 Å². The summed E-state index contributed by atoms with van der Waals surface area (Å²) >= 11 is 0. The van der Waals surface area contributed by atoms with Crippen molar-refractivity contribution in [2.24, 2.45) is 0 Å². The zero-order valence-corrected chi connectivity index (χ0v) is 14.0. The average Bonchev–Trinajstić information content (AvgIpc) is 2.84. The average molecular weight is 354 g/mol. The predicted octanol–water partition coefficient (Wildman–Crippen LogP) is 5.56. The highest BCUT2D eigenvalue weighted by Crippen LogP contribution is 2.31. The molecular weight excluding hydrogens is 337 g/mol. The van der Waals surface area contributed by atoms with E-state index in [1.165, 1.54) is 11.6 Å². The third-order valence-electron chi connectivity index (χ3n) is 4.65. The van der Waals surface area contributed by atoms with Gasteiger partial charge >= 0.3 is 0 Å². The summed E-state index contributed by atoms with van der Waals surface area (Å²) in [5.41, 5.74) is 5.46.